The molecule has 1 saturated carbocycles. The van der Waals surface area contributed by atoms with Crippen LogP contribution in [0.2, 0.25) is 0 Å². The molecule has 0 bridgehead atoms. The number of aromatic nitrogens is 2. The average Bonchev–Trinajstić information content (AvgIpc) is 3.64. The predicted molar refractivity (Wildman–Crippen MR) is 136 cm³/mol. The number of hydrogen-bond donors (Lipinski definition) is 1. The molecule has 1 fully saturated rings. The third-order valence-corrected chi connectivity index (χ3v) is 7.49. The molecule has 2 heterocycles. The van der Waals surface area contributed by atoms with Crippen LogP contribution in [-0.4, -0.2) is 54.2 Å². The first-order chi connectivity index (χ1) is 17.0. The lowest BCUT2D eigenvalue weighted by molar-refractivity contribution is -0.123. The molecule has 2 amide bonds. The second-order valence-corrected chi connectivity index (χ2v) is 9.79. The summed E-state index contributed by atoms with van der Waals surface area (Å²) in [4.78, 5) is 27.7. The summed E-state index contributed by atoms with van der Waals surface area (Å²) >= 11 is 1.50. The molecule has 0 radical (unpaired) electrons. The summed E-state index contributed by atoms with van der Waals surface area (Å²) in [6.07, 6.45) is 1.98. The first-order valence-corrected chi connectivity index (χ1v) is 12.6. The summed E-state index contributed by atoms with van der Waals surface area (Å²) in [6.45, 7) is -0.0430. The molecule has 1 N–H and O–H groups in total. The van der Waals surface area contributed by atoms with E-state index in [1.54, 1.807) is 23.8 Å². The zero-order valence-electron chi connectivity index (χ0n) is 20.0. The number of rotatable bonds is 7. The molecule has 3 aromatic rings. The number of thioether (sulfide) groups is 1. The Bertz CT molecular complexity index is 1260. The number of benzene rings is 2. The highest BCUT2D eigenvalue weighted by Gasteiger charge is 2.38. The van der Waals surface area contributed by atoms with E-state index in [-0.39, 0.29) is 35.4 Å². The lowest BCUT2D eigenvalue weighted by Crippen LogP contribution is -2.43. The molecule has 1 unspecified atom stereocenters. The van der Waals surface area contributed by atoms with Gasteiger partial charge in [0.2, 0.25) is 11.8 Å². The van der Waals surface area contributed by atoms with Crippen molar-refractivity contribution in [2.45, 2.75) is 24.1 Å². The van der Waals surface area contributed by atoms with E-state index in [2.05, 4.69) is 5.32 Å². The SMILES string of the molecule is COc1ccc(OC)c(C2SCC(=O)N(CC(=O)NC3CC3)c3c2c(-c2ccccc2)nn3C)c1. The summed E-state index contributed by atoms with van der Waals surface area (Å²) in [5.74, 6) is 1.95. The number of methoxy groups -OCH3 is 2. The number of nitrogens with zero attached hydrogens (tertiary/aromatic N) is 3. The van der Waals surface area contributed by atoms with Crippen LogP contribution >= 0.6 is 11.8 Å². The number of nitrogens with one attached hydrogen (secondary N) is 1. The van der Waals surface area contributed by atoms with E-state index in [4.69, 9.17) is 14.6 Å². The second-order valence-electron chi connectivity index (χ2n) is 8.70. The number of aryl methyl sites for hydroxylation is 1. The van der Waals surface area contributed by atoms with E-state index >= 15 is 0 Å². The van der Waals surface area contributed by atoms with Crippen molar-refractivity contribution in [3.63, 3.8) is 0 Å². The molecule has 5 rings (SSSR count). The van der Waals surface area contributed by atoms with E-state index < -0.39 is 0 Å². The van der Waals surface area contributed by atoms with Gasteiger partial charge in [-0.2, -0.15) is 5.10 Å². The minimum atomic E-state index is -0.264. The molecule has 0 saturated heterocycles. The van der Waals surface area contributed by atoms with Crippen molar-refractivity contribution in [2.24, 2.45) is 7.05 Å². The van der Waals surface area contributed by atoms with Crippen LogP contribution in [0.5, 0.6) is 11.5 Å². The Kier molecular flexibility index (Phi) is 6.42. The Labute approximate surface area is 208 Å². The van der Waals surface area contributed by atoms with Gasteiger partial charge in [-0.1, -0.05) is 30.3 Å². The Morgan fingerprint density at radius 2 is 1.91 bits per heavy atom. The van der Waals surface area contributed by atoms with Crippen LogP contribution in [0.25, 0.3) is 11.3 Å². The van der Waals surface area contributed by atoms with Gasteiger partial charge in [-0.15, -0.1) is 11.8 Å². The van der Waals surface area contributed by atoms with Crippen LogP contribution < -0.4 is 19.7 Å². The molecule has 0 spiro atoms. The number of fused-ring (bicyclic) bond motifs is 1. The molecule has 1 atom stereocenters. The van der Waals surface area contributed by atoms with Gasteiger partial charge < -0.3 is 14.8 Å². The normalized spacial score (nSPS) is 17.5. The van der Waals surface area contributed by atoms with Crippen molar-refractivity contribution < 1.29 is 19.1 Å². The Morgan fingerprint density at radius 3 is 2.60 bits per heavy atom. The summed E-state index contributed by atoms with van der Waals surface area (Å²) in [5, 5.41) is 7.59. The third-order valence-electron chi connectivity index (χ3n) is 6.26. The van der Waals surface area contributed by atoms with Crippen LogP contribution in [0.4, 0.5) is 5.82 Å². The lowest BCUT2D eigenvalue weighted by atomic mass is 9.98. The smallest absolute Gasteiger partial charge is 0.240 e. The number of hydrogen-bond acceptors (Lipinski definition) is 6. The Morgan fingerprint density at radius 1 is 1.14 bits per heavy atom. The van der Waals surface area contributed by atoms with Crippen molar-refractivity contribution in [1.82, 2.24) is 15.1 Å². The molecular formula is C26H28N4O4S. The van der Waals surface area contributed by atoms with E-state index in [1.807, 2.05) is 55.6 Å². The highest BCUT2D eigenvalue weighted by molar-refractivity contribution is 8.00. The highest BCUT2D eigenvalue weighted by Crippen LogP contribution is 2.50. The monoisotopic (exact) mass is 492 g/mol. The third kappa shape index (κ3) is 4.60. The first-order valence-electron chi connectivity index (χ1n) is 11.6. The fourth-order valence-electron chi connectivity index (χ4n) is 4.43. The van der Waals surface area contributed by atoms with Gasteiger partial charge in [0.15, 0.2) is 0 Å². The van der Waals surface area contributed by atoms with Gasteiger partial charge >= 0.3 is 0 Å². The molecule has 2 aliphatic rings. The molecule has 1 aliphatic heterocycles. The van der Waals surface area contributed by atoms with Crippen molar-refractivity contribution in [3.05, 3.63) is 59.7 Å². The minimum Gasteiger partial charge on any atom is -0.497 e. The molecular weight excluding hydrogens is 464 g/mol. The Balaban J connectivity index is 1.69. The summed E-state index contributed by atoms with van der Waals surface area (Å²) in [5.41, 5.74) is 3.47. The van der Waals surface area contributed by atoms with Gasteiger partial charge in [0, 0.05) is 29.8 Å². The van der Waals surface area contributed by atoms with Crippen LogP contribution in [0.15, 0.2) is 48.5 Å². The van der Waals surface area contributed by atoms with Crippen LogP contribution in [0, 0.1) is 0 Å². The van der Waals surface area contributed by atoms with E-state index in [0.717, 1.165) is 35.2 Å². The lowest BCUT2D eigenvalue weighted by Gasteiger charge is -2.23. The van der Waals surface area contributed by atoms with Crippen LogP contribution in [0.1, 0.15) is 29.2 Å². The molecule has 35 heavy (non-hydrogen) atoms. The quantitative estimate of drug-likeness (QED) is 0.543. The number of anilines is 1. The predicted octanol–water partition coefficient (Wildman–Crippen LogP) is 3.55. The van der Waals surface area contributed by atoms with Crippen LogP contribution in [0.3, 0.4) is 0 Å². The molecule has 1 aromatic heterocycles. The van der Waals surface area contributed by atoms with Gasteiger partial charge in [0.05, 0.1) is 30.9 Å². The zero-order valence-corrected chi connectivity index (χ0v) is 20.8. The summed E-state index contributed by atoms with van der Waals surface area (Å²) < 4.78 is 12.9. The van der Waals surface area contributed by atoms with Gasteiger partial charge in [0.25, 0.3) is 0 Å². The Hall–Kier alpha value is -3.46. The maximum atomic E-state index is 13.4. The van der Waals surface area contributed by atoms with E-state index in [9.17, 15) is 9.59 Å². The van der Waals surface area contributed by atoms with E-state index in [1.165, 1.54) is 11.8 Å². The number of ether oxygens (including phenoxy) is 2. The van der Waals surface area contributed by atoms with Crippen molar-refractivity contribution in [1.29, 1.82) is 0 Å². The fourth-order valence-corrected chi connectivity index (χ4v) is 5.65. The van der Waals surface area contributed by atoms with Crippen LogP contribution in [-0.2, 0) is 16.6 Å². The number of amides is 2. The van der Waals surface area contributed by atoms with Crippen molar-refractivity contribution in [3.8, 4) is 22.8 Å². The maximum Gasteiger partial charge on any atom is 0.240 e. The summed E-state index contributed by atoms with van der Waals surface area (Å²) in [7, 11) is 5.08. The van der Waals surface area contributed by atoms with Crippen molar-refractivity contribution in [2.75, 3.05) is 31.4 Å². The first kappa shape index (κ1) is 23.3. The highest BCUT2D eigenvalue weighted by atomic mass is 32.2. The van der Waals surface area contributed by atoms with Gasteiger partial charge in [-0.05, 0) is 31.0 Å². The molecule has 8 nitrogen and oxygen atoms in total. The summed E-state index contributed by atoms with van der Waals surface area (Å²) in [6, 6.07) is 15.8. The fraction of sp³-hybridized carbons (Fsp3) is 0.346. The number of carbonyl (C=O) groups is 2. The zero-order chi connectivity index (χ0) is 24.5. The topological polar surface area (TPSA) is 85.7 Å². The second kappa shape index (κ2) is 9.65. The standard InChI is InChI=1S/C26H28N4O4S/c1-29-26-23(24(28-29)16-7-5-4-6-8-16)25(19-13-18(33-2)11-12-20(19)34-3)35-15-22(32)30(26)14-21(31)27-17-9-10-17/h4-8,11-13,17,25H,9-10,14-15H2,1-3H3,(H,27,31). The minimum absolute atomic E-state index is 0.0430. The van der Waals surface area contributed by atoms with Crippen molar-refractivity contribution >= 4 is 29.4 Å². The van der Waals surface area contributed by atoms with Gasteiger partial charge in [0.1, 0.15) is 23.9 Å². The van der Waals surface area contributed by atoms with Gasteiger partial charge in [-0.25, -0.2) is 0 Å². The molecule has 1 aliphatic carbocycles. The average molecular weight is 493 g/mol. The molecule has 2 aromatic carbocycles. The van der Waals surface area contributed by atoms with E-state index in [0.29, 0.717) is 17.3 Å². The molecule has 182 valence electrons. The molecule has 9 heteroatoms. The largest absolute Gasteiger partial charge is 0.497 e. The maximum absolute atomic E-state index is 13.4. The van der Waals surface area contributed by atoms with Gasteiger partial charge in [-0.3, -0.25) is 19.2 Å². The number of carbonyl (C=O) groups excluding carboxylic acids is 2.